The van der Waals surface area contributed by atoms with Gasteiger partial charge in [-0.1, -0.05) is 0 Å². The zero-order valence-corrected chi connectivity index (χ0v) is 16.8. The van der Waals surface area contributed by atoms with Gasteiger partial charge < -0.3 is 8.74 Å². The van der Waals surface area contributed by atoms with Gasteiger partial charge in [0.15, 0.2) is 0 Å². The maximum Gasteiger partial charge on any atom is 1.00 e. The van der Waals surface area contributed by atoms with Gasteiger partial charge >= 0.3 is 77.3 Å². The van der Waals surface area contributed by atoms with Crippen molar-refractivity contribution in [2.45, 2.75) is 41.7 Å². The number of rotatable bonds is 8. The molecule has 0 aromatic heterocycles. The van der Waals surface area contributed by atoms with E-state index in [4.69, 9.17) is 0 Å². The van der Waals surface area contributed by atoms with Crippen LogP contribution >= 0.6 is 0 Å². The first-order chi connectivity index (χ1) is 13.0. The molecule has 0 N–H and O–H groups in total. The van der Waals surface area contributed by atoms with Gasteiger partial charge in [-0.05, 0) is 0 Å². The Morgan fingerprint density at radius 1 is 0.594 bits per heavy atom. The van der Waals surface area contributed by atoms with E-state index in [2.05, 4.69) is 0 Å². The van der Waals surface area contributed by atoms with Gasteiger partial charge in [0.05, 0.1) is 0 Å². The van der Waals surface area contributed by atoms with Crippen LogP contribution in [0, 0.1) is 0 Å². The molecule has 0 heterocycles. The third kappa shape index (κ3) is 5.02. The molecule has 0 aliphatic carbocycles. The molecule has 0 radical (unpaired) electrons. The molecule has 0 fully saturated rings. The first-order valence-corrected chi connectivity index (χ1v) is 7.42. The van der Waals surface area contributed by atoms with E-state index in [-0.39, 0.29) is 29.6 Å². The summed E-state index contributed by atoms with van der Waals surface area (Å²) in [5, 5.41) is 0. The van der Waals surface area contributed by atoms with Gasteiger partial charge in [-0.25, -0.2) is 8.42 Å². The second kappa shape index (κ2) is 8.80. The van der Waals surface area contributed by atoms with Gasteiger partial charge in [-0.2, -0.15) is 74.6 Å². The van der Waals surface area contributed by atoms with Gasteiger partial charge in [0.2, 0.25) is 5.83 Å². The number of halogens is 17. The molecule has 0 aliphatic heterocycles. The molecule has 32 heavy (non-hydrogen) atoms. The minimum Gasteiger partial charge on any atom is -0.716 e. The molecule has 0 aliphatic rings. The molecule has 0 aromatic rings. The Balaban J connectivity index is 0. The molecular weight excluding hydrogens is 550 g/mol. The minimum absolute atomic E-state index is 0. The average Bonchev–Trinajstić information content (AvgIpc) is 2.50. The SMILES string of the molecule is O=S(=O)([O-])OC(F)=C(F)C(F)(F)C(F)(F)C(F)(F)C(F)(F)C(F)(F)C(F)(F)C(F)(F)F.[Na+]. The summed E-state index contributed by atoms with van der Waals surface area (Å²) in [6.45, 7) is 0. The van der Waals surface area contributed by atoms with Crippen molar-refractivity contribution in [1.82, 2.24) is 0 Å². The molecule has 0 saturated heterocycles. The number of allylic oxidation sites excluding steroid dienone is 1. The average molecular weight is 550 g/mol. The van der Waals surface area contributed by atoms with Crippen molar-refractivity contribution in [3.05, 3.63) is 11.8 Å². The maximum absolute atomic E-state index is 13.2. The largest absolute Gasteiger partial charge is 1.00 e. The predicted molar refractivity (Wildman–Crippen MR) is 55.8 cm³/mol. The van der Waals surface area contributed by atoms with Crippen molar-refractivity contribution in [3.8, 4) is 0 Å². The Hall–Kier alpha value is -0.740. The zero-order valence-electron chi connectivity index (χ0n) is 14.0. The Morgan fingerprint density at radius 2 is 0.875 bits per heavy atom. The van der Waals surface area contributed by atoms with Crippen LogP contribution in [-0.2, 0) is 14.6 Å². The summed E-state index contributed by atoms with van der Waals surface area (Å²) >= 11 is 0. The van der Waals surface area contributed by atoms with Crippen molar-refractivity contribution in [2.24, 2.45) is 0 Å². The predicted octanol–water partition coefficient (Wildman–Crippen LogP) is 1.95. The summed E-state index contributed by atoms with van der Waals surface area (Å²) in [4.78, 5) is 0. The van der Waals surface area contributed by atoms with E-state index in [9.17, 15) is 87.6 Å². The molecule has 0 atom stereocenters. The van der Waals surface area contributed by atoms with E-state index in [0.717, 1.165) is 0 Å². The smallest absolute Gasteiger partial charge is 0.716 e. The normalized spacial score (nSPS) is 16.3. The van der Waals surface area contributed by atoms with E-state index >= 15 is 0 Å². The molecule has 0 rings (SSSR count). The van der Waals surface area contributed by atoms with E-state index in [1.54, 1.807) is 0 Å². The number of hydrogen-bond donors (Lipinski definition) is 0. The summed E-state index contributed by atoms with van der Waals surface area (Å²) < 4.78 is 248. The minimum atomic E-state index is -8.77. The molecule has 4 nitrogen and oxygen atoms in total. The zero-order chi connectivity index (χ0) is 25.9. The summed E-state index contributed by atoms with van der Waals surface area (Å²) in [6.07, 6.45) is -7.86. The fraction of sp³-hybridized carbons (Fsp3) is 0.778. The topological polar surface area (TPSA) is 66.4 Å². The molecule has 0 saturated carbocycles. The van der Waals surface area contributed by atoms with Gasteiger partial charge in [-0.15, -0.1) is 0 Å². The van der Waals surface area contributed by atoms with Crippen LogP contribution in [0.15, 0.2) is 11.8 Å². The van der Waals surface area contributed by atoms with E-state index < -0.39 is 64.0 Å². The van der Waals surface area contributed by atoms with E-state index in [1.165, 1.54) is 0 Å². The molecule has 0 unspecified atom stereocenters. The van der Waals surface area contributed by atoms with Crippen molar-refractivity contribution in [1.29, 1.82) is 0 Å². The van der Waals surface area contributed by atoms with Crippen LogP contribution in [0.25, 0.3) is 0 Å². The van der Waals surface area contributed by atoms with E-state index in [1.807, 2.05) is 4.18 Å². The summed E-state index contributed by atoms with van der Waals surface area (Å²) in [7, 11) is -6.68. The molecule has 23 heteroatoms. The van der Waals surface area contributed by atoms with Crippen LogP contribution in [0.1, 0.15) is 0 Å². The first-order valence-electron chi connectivity index (χ1n) is 6.08. The van der Waals surface area contributed by atoms with Crippen LogP contribution in [0.4, 0.5) is 74.6 Å². The van der Waals surface area contributed by atoms with Crippen molar-refractivity contribution < 1.29 is 121 Å². The van der Waals surface area contributed by atoms with Crippen molar-refractivity contribution in [2.75, 3.05) is 0 Å². The van der Waals surface area contributed by atoms with Crippen molar-refractivity contribution >= 4 is 10.4 Å². The van der Waals surface area contributed by atoms with E-state index in [0.29, 0.717) is 0 Å². The van der Waals surface area contributed by atoms with Crippen LogP contribution in [0.2, 0.25) is 0 Å². The van der Waals surface area contributed by atoms with Crippen LogP contribution < -0.4 is 29.6 Å². The Labute approximate surface area is 185 Å². The Kier molecular flexibility index (Phi) is 9.19. The van der Waals surface area contributed by atoms with Gasteiger partial charge in [0, 0.05) is 0 Å². The third-order valence-electron chi connectivity index (χ3n) is 2.95. The standard InChI is InChI=1S/C9HF17O4S.Na/c10-1(2(11)30-31(27,28)29)3(12,13)4(14,15)5(16,17)6(18,19)7(20,21)8(22,23)9(24,25)26;/h(H,27,28,29);/q;+1/p-1. The Morgan fingerprint density at radius 3 is 1.16 bits per heavy atom. The monoisotopic (exact) mass is 550 g/mol. The van der Waals surface area contributed by atoms with Crippen LogP contribution in [0.5, 0.6) is 0 Å². The fourth-order valence-corrected chi connectivity index (χ4v) is 1.61. The van der Waals surface area contributed by atoms with Crippen LogP contribution in [0.3, 0.4) is 0 Å². The molecule has 0 amide bonds. The number of alkyl halides is 15. The van der Waals surface area contributed by atoms with Gasteiger partial charge in [0.25, 0.3) is 10.4 Å². The molecule has 0 aromatic carbocycles. The molecule has 186 valence electrons. The molecule has 0 bridgehead atoms. The fourth-order valence-electron chi connectivity index (χ4n) is 1.35. The maximum atomic E-state index is 13.2. The third-order valence-corrected chi connectivity index (χ3v) is 3.30. The molecule has 0 spiro atoms. The summed E-state index contributed by atoms with van der Waals surface area (Å²) in [5.74, 6) is -55.8. The van der Waals surface area contributed by atoms with Crippen LogP contribution in [-0.4, -0.2) is 54.7 Å². The van der Waals surface area contributed by atoms with Crippen molar-refractivity contribution in [3.63, 3.8) is 0 Å². The second-order valence-corrected chi connectivity index (χ2v) is 6.01. The quantitative estimate of drug-likeness (QED) is 0.153. The summed E-state index contributed by atoms with van der Waals surface area (Å²) in [6, 6.07) is -4.33. The molecular formula is C9F17NaO4S. The number of hydrogen-bond acceptors (Lipinski definition) is 4. The second-order valence-electron chi connectivity index (χ2n) is 5.02. The van der Waals surface area contributed by atoms with Gasteiger partial charge in [0.1, 0.15) is 0 Å². The summed E-state index contributed by atoms with van der Waals surface area (Å²) in [5.41, 5.74) is 0. The van der Waals surface area contributed by atoms with Gasteiger partial charge in [-0.3, -0.25) is 0 Å². The first kappa shape index (κ1) is 33.4. The Bertz CT molecular complexity index is 829.